The van der Waals surface area contributed by atoms with Crippen LogP contribution in [-0.4, -0.2) is 50.8 Å². The van der Waals surface area contributed by atoms with E-state index < -0.39 is 10.0 Å². The van der Waals surface area contributed by atoms with Crippen molar-refractivity contribution < 1.29 is 13.2 Å². The monoisotopic (exact) mass is 326 g/mol. The summed E-state index contributed by atoms with van der Waals surface area (Å²) >= 11 is 0. The summed E-state index contributed by atoms with van der Waals surface area (Å²) < 4.78 is 31.7. The van der Waals surface area contributed by atoms with Gasteiger partial charge >= 0.3 is 0 Å². The zero-order chi connectivity index (χ0) is 16.2. The van der Waals surface area contributed by atoms with E-state index in [0.29, 0.717) is 32.6 Å². The van der Waals surface area contributed by atoms with E-state index in [-0.39, 0.29) is 11.9 Å². The molecule has 0 atom stereocenters. The molecule has 1 saturated heterocycles. The molecule has 0 aromatic heterocycles. The lowest BCUT2D eigenvalue weighted by atomic mass is 10.2. The Bertz CT molecular complexity index is 579. The van der Waals surface area contributed by atoms with Crippen LogP contribution in [0.2, 0.25) is 0 Å². The lowest BCUT2D eigenvalue weighted by Gasteiger charge is -2.36. The van der Waals surface area contributed by atoms with Gasteiger partial charge in [0.1, 0.15) is 5.75 Å². The third kappa shape index (κ3) is 4.14. The quantitative estimate of drug-likeness (QED) is 0.805. The van der Waals surface area contributed by atoms with E-state index in [1.54, 1.807) is 4.31 Å². The molecule has 0 N–H and O–H groups in total. The topological polar surface area (TPSA) is 49.9 Å². The van der Waals surface area contributed by atoms with Crippen molar-refractivity contribution in [3.05, 3.63) is 24.3 Å². The molecule has 0 bridgehead atoms. The first-order valence-electron chi connectivity index (χ1n) is 7.92. The number of ether oxygens (including phenoxy) is 1. The molecule has 0 spiro atoms. The molecule has 0 unspecified atom stereocenters. The van der Waals surface area contributed by atoms with Crippen LogP contribution in [0, 0.1) is 0 Å². The van der Waals surface area contributed by atoms with Crippen molar-refractivity contribution in [2.45, 2.75) is 33.3 Å². The summed E-state index contributed by atoms with van der Waals surface area (Å²) in [5.74, 6) is 1.10. The lowest BCUT2D eigenvalue weighted by Crippen LogP contribution is -2.49. The minimum absolute atomic E-state index is 0.118. The van der Waals surface area contributed by atoms with Gasteiger partial charge in [-0.25, -0.2) is 8.42 Å². The number of sulfonamides is 1. The highest BCUT2D eigenvalue weighted by molar-refractivity contribution is 7.89. The number of para-hydroxylation sites is 2. The molecule has 0 saturated carbocycles. The maximum Gasteiger partial charge on any atom is 0.214 e. The van der Waals surface area contributed by atoms with E-state index in [1.165, 1.54) is 0 Å². The van der Waals surface area contributed by atoms with Gasteiger partial charge in [-0.2, -0.15) is 4.31 Å². The highest BCUT2D eigenvalue weighted by Crippen LogP contribution is 2.30. The second-order valence-electron chi connectivity index (χ2n) is 5.84. The molecule has 6 heteroatoms. The lowest BCUT2D eigenvalue weighted by molar-refractivity contribution is 0.242. The summed E-state index contributed by atoms with van der Waals surface area (Å²) in [6.07, 6.45) is 0.778. The predicted octanol–water partition coefficient (Wildman–Crippen LogP) is 2.34. The van der Waals surface area contributed by atoms with Crippen LogP contribution in [0.1, 0.15) is 27.2 Å². The summed E-state index contributed by atoms with van der Waals surface area (Å²) in [4.78, 5) is 2.20. The molecule has 0 amide bonds. The number of piperazine rings is 1. The van der Waals surface area contributed by atoms with Crippen LogP contribution >= 0.6 is 0 Å². The van der Waals surface area contributed by atoms with Crippen LogP contribution in [0.5, 0.6) is 5.75 Å². The largest absolute Gasteiger partial charge is 0.489 e. The van der Waals surface area contributed by atoms with E-state index >= 15 is 0 Å². The number of nitrogens with zero attached hydrogens (tertiary/aromatic N) is 2. The predicted molar refractivity (Wildman–Crippen MR) is 90.1 cm³/mol. The Morgan fingerprint density at radius 3 is 2.36 bits per heavy atom. The first kappa shape index (κ1) is 17.1. The van der Waals surface area contributed by atoms with Gasteiger partial charge in [0, 0.05) is 26.2 Å². The Hall–Kier alpha value is -1.27. The van der Waals surface area contributed by atoms with Crippen LogP contribution < -0.4 is 9.64 Å². The number of hydrogen-bond donors (Lipinski definition) is 0. The smallest absolute Gasteiger partial charge is 0.214 e. The van der Waals surface area contributed by atoms with Crippen LogP contribution in [0.4, 0.5) is 5.69 Å². The average molecular weight is 326 g/mol. The van der Waals surface area contributed by atoms with Gasteiger partial charge in [0.25, 0.3) is 0 Å². The molecule has 124 valence electrons. The van der Waals surface area contributed by atoms with Crippen molar-refractivity contribution in [2.24, 2.45) is 0 Å². The van der Waals surface area contributed by atoms with Crippen molar-refractivity contribution in [1.29, 1.82) is 0 Å². The number of anilines is 1. The standard InChI is InChI=1S/C16H26N2O3S/c1-4-13-22(19,20)18-11-9-17(10-12-18)15-7-5-6-8-16(15)21-14(2)3/h5-8,14H,4,9-13H2,1-3H3. The SMILES string of the molecule is CCCS(=O)(=O)N1CCN(c2ccccc2OC(C)C)CC1. The molecular formula is C16H26N2O3S. The Balaban J connectivity index is 2.06. The molecule has 2 rings (SSSR count). The van der Waals surface area contributed by atoms with Gasteiger partial charge < -0.3 is 9.64 Å². The fraction of sp³-hybridized carbons (Fsp3) is 0.625. The third-order valence-corrected chi connectivity index (χ3v) is 5.74. The minimum Gasteiger partial charge on any atom is -0.489 e. The molecule has 1 fully saturated rings. The van der Waals surface area contributed by atoms with Crippen LogP contribution in [0.15, 0.2) is 24.3 Å². The van der Waals surface area contributed by atoms with E-state index in [1.807, 2.05) is 45.0 Å². The minimum atomic E-state index is -3.09. The van der Waals surface area contributed by atoms with E-state index in [2.05, 4.69) is 4.90 Å². The van der Waals surface area contributed by atoms with Crippen molar-refractivity contribution in [2.75, 3.05) is 36.8 Å². The Kier molecular flexibility index (Phi) is 5.69. The zero-order valence-corrected chi connectivity index (χ0v) is 14.5. The second-order valence-corrected chi connectivity index (χ2v) is 7.92. The average Bonchev–Trinajstić information content (AvgIpc) is 2.47. The Morgan fingerprint density at radius 1 is 1.14 bits per heavy atom. The van der Waals surface area contributed by atoms with Crippen molar-refractivity contribution >= 4 is 15.7 Å². The summed E-state index contributed by atoms with van der Waals surface area (Å²) in [5, 5.41) is 0. The van der Waals surface area contributed by atoms with E-state index in [4.69, 9.17) is 4.74 Å². The second kappa shape index (κ2) is 7.33. The highest BCUT2D eigenvalue weighted by atomic mass is 32.2. The summed E-state index contributed by atoms with van der Waals surface area (Å²) in [6.45, 7) is 8.38. The first-order chi connectivity index (χ1) is 10.4. The summed E-state index contributed by atoms with van der Waals surface area (Å²) in [7, 11) is -3.09. The molecule has 1 aliphatic heterocycles. The maximum absolute atomic E-state index is 12.1. The van der Waals surface area contributed by atoms with Crippen LogP contribution in [-0.2, 0) is 10.0 Å². The van der Waals surface area contributed by atoms with E-state index in [0.717, 1.165) is 11.4 Å². The molecule has 22 heavy (non-hydrogen) atoms. The Morgan fingerprint density at radius 2 is 1.77 bits per heavy atom. The molecule has 1 aromatic carbocycles. The van der Waals surface area contributed by atoms with E-state index in [9.17, 15) is 8.42 Å². The van der Waals surface area contributed by atoms with Crippen LogP contribution in [0.25, 0.3) is 0 Å². The molecule has 5 nitrogen and oxygen atoms in total. The van der Waals surface area contributed by atoms with Gasteiger partial charge in [-0.15, -0.1) is 0 Å². The first-order valence-corrected chi connectivity index (χ1v) is 9.53. The number of benzene rings is 1. The molecule has 1 aliphatic rings. The summed E-state index contributed by atoms with van der Waals surface area (Å²) in [6, 6.07) is 7.95. The van der Waals surface area contributed by atoms with Crippen molar-refractivity contribution in [1.82, 2.24) is 4.31 Å². The molecule has 0 aliphatic carbocycles. The zero-order valence-electron chi connectivity index (χ0n) is 13.7. The van der Waals surface area contributed by atoms with Gasteiger partial charge in [-0.1, -0.05) is 19.1 Å². The van der Waals surface area contributed by atoms with Gasteiger partial charge in [-0.05, 0) is 32.4 Å². The summed E-state index contributed by atoms with van der Waals surface area (Å²) in [5.41, 5.74) is 1.05. The van der Waals surface area contributed by atoms with Gasteiger partial charge in [0.05, 0.1) is 17.5 Å². The van der Waals surface area contributed by atoms with Crippen molar-refractivity contribution in [3.63, 3.8) is 0 Å². The number of rotatable bonds is 6. The fourth-order valence-electron chi connectivity index (χ4n) is 2.67. The van der Waals surface area contributed by atoms with Gasteiger partial charge in [-0.3, -0.25) is 0 Å². The molecule has 1 aromatic rings. The van der Waals surface area contributed by atoms with Crippen LogP contribution in [0.3, 0.4) is 0 Å². The third-order valence-electron chi connectivity index (χ3n) is 3.66. The normalized spacial score (nSPS) is 17.0. The molecular weight excluding hydrogens is 300 g/mol. The van der Waals surface area contributed by atoms with Gasteiger partial charge in [0.2, 0.25) is 10.0 Å². The molecule has 1 heterocycles. The van der Waals surface area contributed by atoms with Gasteiger partial charge in [0.15, 0.2) is 0 Å². The molecule has 0 radical (unpaired) electrons. The maximum atomic E-state index is 12.1. The highest BCUT2D eigenvalue weighted by Gasteiger charge is 2.27. The Labute approximate surface area is 133 Å². The number of hydrogen-bond acceptors (Lipinski definition) is 4. The van der Waals surface area contributed by atoms with Crippen molar-refractivity contribution in [3.8, 4) is 5.75 Å². The fourth-order valence-corrected chi connectivity index (χ4v) is 4.16.